The van der Waals surface area contributed by atoms with Gasteiger partial charge in [0.1, 0.15) is 5.75 Å². The molecule has 90 valence electrons. The van der Waals surface area contributed by atoms with Gasteiger partial charge in [-0.25, -0.2) is 13.6 Å². The Morgan fingerprint density at radius 3 is 2.38 bits per heavy atom. The number of rotatable bonds is 6. The van der Waals surface area contributed by atoms with Crippen molar-refractivity contribution in [3.63, 3.8) is 0 Å². The molecular weight excluding hydrogens is 226 g/mol. The van der Waals surface area contributed by atoms with E-state index in [2.05, 4.69) is 6.92 Å². The summed E-state index contributed by atoms with van der Waals surface area (Å²) in [4.78, 5) is 0. The number of benzene rings is 1. The molecule has 2 N–H and O–H groups in total. The van der Waals surface area contributed by atoms with Gasteiger partial charge >= 0.3 is 0 Å². The molecule has 4 nitrogen and oxygen atoms in total. The van der Waals surface area contributed by atoms with E-state index in [1.165, 1.54) is 5.56 Å². The second-order valence-corrected chi connectivity index (χ2v) is 5.30. The number of nitrogens with two attached hydrogens (primary N) is 1. The molecule has 0 aliphatic heterocycles. The van der Waals surface area contributed by atoms with Crippen molar-refractivity contribution in [3.8, 4) is 5.75 Å². The Morgan fingerprint density at radius 2 is 1.88 bits per heavy atom. The highest BCUT2D eigenvalue weighted by Gasteiger charge is 2.02. The Kier molecular flexibility index (Phi) is 4.76. The molecule has 0 amide bonds. The number of hydrogen-bond acceptors (Lipinski definition) is 3. The lowest BCUT2D eigenvalue weighted by atomic mass is 10.2. The van der Waals surface area contributed by atoms with Crippen molar-refractivity contribution in [2.24, 2.45) is 5.14 Å². The Morgan fingerprint density at radius 1 is 1.25 bits per heavy atom. The van der Waals surface area contributed by atoms with Crippen molar-refractivity contribution in [2.75, 3.05) is 12.4 Å². The summed E-state index contributed by atoms with van der Waals surface area (Å²) in [6, 6.07) is 7.76. The van der Waals surface area contributed by atoms with Gasteiger partial charge in [-0.15, -0.1) is 0 Å². The summed E-state index contributed by atoms with van der Waals surface area (Å²) >= 11 is 0. The second-order valence-electron chi connectivity index (χ2n) is 3.57. The van der Waals surface area contributed by atoms with Crippen molar-refractivity contribution in [3.05, 3.63) is 29.8 Å². The third-order valence-corrected chi connectivity index (χ3v) is 3.03. The van der Waals surface area contributed by atoms with Crippen LogP contribution in [0.15, 0.2) is 24.3 Å². The Balaban J connectivity index is 2.32. The fraction of sp³-hybridized carbons (Fsp3) is 0.455. The maximum Gasteiger partial charge on any atom is 0.209 e. The van der Waals surface area contributed by atoms with Crippen LogP contribution in [-0.4, -0.2) is 20.8 Å². The fourth-order valence-electron chi connectivity index (χ4n) is 1.27. The quantitative estimate of drug-likeness (QED) is 0.766. The summed E-state index contributed by atoms with van der Waals surface area (Å²) in [6.45, 7) is 2.45. The molecule has 0 radical (unpaired) electrons. The van der Waals surface area contributed by atoms with Crippen LogP contribution in [0.4, 0.5) is 0 Å². The molecule has 0 fully saturated rings. The van der Waals surface area contributed by atoms with Crippen LogP contribution in [0.3, 0.4) is 0 Å². The predicted octanol–water partition coefficient (Wildman–Crippen LogP) is 1.31. The molecule has 0 spiro atoms. The maximum absolute atomic E-state index is 10.6. The van der Waals surface area contributed by atoms with Crippen molar-refractivity contribution >= 4 is 10.0 Å². The number of ether oxygens (including phenoxy) is 1. The zero-order chi connectivity index (χ0) is 12.0. The summed E-state index contributed by atoms with van der Waals surface area (Å²) in [5.74, 6) is 0.715. The molecule has 1 aromatic carbocycles. The highest BCUT2D eigenvalue weighted by molar-refractivity contribution is 7.89. The Hall–Kier alpha value is -1.07. The topological polar surface area (TPSA) is 69.4 Å². The predicted molar refractivity (Wildman–Crippen MR) is 63.9 cm³/mol. The van der Waals surface area contributed by atoms with Crippen LogP contribution in [0.5, 0.6) is 5.75 Å². The molecule has 0 aliphatic carbocycles. The second kappa shape index (κ2) is 5.86. The zero-order valence-corrected chi connectivity index (χ0v) is 10.2. The lowest BCUT2D eigenvalue weighted by molar-refractivity contribution is 0.317. The van der Waals surface area contributed by atoms with Crippen LogP contribution in [0, 0.1) is 0 Å². The summed E-state index contributed by atoms with van der Waals surface area (Å²) in [5.41, 5.74) is 1.25. The maximum atomic E-state index is 10.6. The first-order valence-corrected chi connectivity index (χ1v) is 6.95. The van der Waals surface area contributed by atoms with Crippen LogP contribution in [0.25, 0.3) is 0 Å². The Labute approximate surface area is 96.5 Å². The largest absolute Gasteiger partial charge is 0.494 e. The van der Waals surface area contributed by atoms with Crippen LogP contribution < -0.4 is 9.88 Å². The van der Waals surface area contributed by atoms with Gasteiger partial charge < -0.3 is 4.74 Å². The molecule has 5 heteroatoms. The monoisotopic (exact) mass is 243 g/mol. The van der Waals surface area contributed by atoms with Gasteiger partial charge in [-0.3, -0.25) is 0 Å². The number of primary sulfonamides is 1. The van der Waals surface area contributed by atoms with Gasteiger partial charge in [0.05, 0.1) is 12.4 Å². The average Bonchev–Trinajstić information content (AvgIpc) is 2.24. The van der Waals surface area contributed by atoms with Crippen LogP contribution in [-0.2, 0) is 16.4 Å². The third kappa shape index (κ3) is 5.14. The van der Waals surface area contributed by atoms with Crippen molar-refractivity contribution in [2.45, 2.75) is 19.8 Å². The van der Waals surface area contributed by atoms with E-state index in [-0.39, 0.29) is 5.75 Å². The number of sulfonamides is 1. The van der Waals surface area contributed by atoms with E-state index in [4.69, 9.17) is 9.88 Å². The first-order chi connectivity index (χ1) is 7.51. The third-order valence-electron chi connectivity index (χ3n) is 2.17. The molecule has 0 unspecified atom stereocenters. The van der Waals surface area contributed by atoms with Crippen LogP contribution >= 0.6 is 0 Å². The molecule has 0 saturated heterocycles. The molecule has 0 aromatic heterocycles. The molecule has 1 aromatic rings. The van der Waals surface area contributed by atoms with E-state index in [1.807, 2.05) is 24.3 Å². The van der Waals surface area contributed by atoms with Gasteiger partial charge in [-0.2, -0.15) is 0 Å². The standard InChI is InChI=1S/C11H17NO3S/c1-2-10-4-6-11(7-5-10)15-8-3-9-16(12,13)14/h4-7H,2-3,8-9H2,1H3,(H2,12,13,14). The summed E-state index contributed by atoms with van der Waals surface area (Å²) in [6.07, 6.45) is 1.40. The molecule has 0 heterocycles. The van der Waals surface area contributed by atoms with E-state index < -0.39 is 10.0 Å². The van der Waals surface area contributed by atoms with E-state index >= 15 is 0 Å². The average molecular weight is 243 g/mol. The zero-order valence-electron chi connectivity index (χ0n) is 9.35. The minimum Gasteiger partial charge on any atom is -0.494 e. The number of hydrogen-bond donors (Lipinski definition) is 1. The molecule has 16 heavy (non-hydrogen) atoms. The first kappa shape index (κ1) is 13.0. The van der Waals surface area contributed by atoms with E-state index in [0.29, 0.717) is 13.0 Å². The SMILES string of the molecule is CCc1ccc(OCCCS(N)(=O)=O)cc1. The van der Waals surface area contributed by atoms with E-state index in [9.17, 15) is 8.42 Å². The highest BCUT2D eigenvalue weighted by Crippen LogP contribution is 2.12. The van der Waals surface area contributed by atoms with Crippen molar-refractivity contribution < 1.29 is 13.2 Å². The highest BCUT2D eigenvalue weighted by atomic mass is 32.2. The van der Waals surface area contributed by atoms with Crippen molar-refractivity contribution in [1.82, 2.24) is 0 Å². The van der Waals surface area contributed by atoms with Gasteiger partial charge in [0.25, 0.3) is 0 Å². The van der Waals surface area contributed by atoms with Crippen LogP contribution in [0.2, 0.25) is 0 Å². The lowest BCUT2D eigenvalue weighted by Crippen LogP contribution is -2.18. The summed E-state index contributed by atoms with van der Waals surface area (Å²) < 4.78 is 26.7. The molecule has 0 atom stereocenters. The van der Waals surface area contributed by atoms with E-state index in [0.717, 1.165) is 12.2 Å². The molecular formula is C11H17NO3S. The first-order valence-electron chi connectivity index (χ1n) is 5.23. The molecule has 0 saturated carbocycles. The smallest absolute Gasteiger partial charge is 0.209 e. The molecule has 0 bridgehead atoms. The minimum atomic E-state index is -3.37. The summed E-state index contributed by atoms with van der Waals surface area (Å²) in [7, 11) is -3.37. The van der Waals surface area contributed by atoms with Gasteiger partial charge in [0.15, 0.2) is 0 Å². The number of aryl methyl sites for hydroxylation is 1. The van der Waals surface area contributed by atoms with Gasteiger partial charge in [0, 0.05) is 0 Å². The molecule has 0 aliphatic rings. The lowest BCUT2D eigenvalue weighted by Gasteiger charge is -2.06. The fourth-order valence-corrected chi connectivity index (χ4v) is 1.79. The molecule has 1 rings (SSSR count). The van der Waals surface area contributed by atoms with Gasteiger partial charge in [-0.05, 0) is 30.5 Å². The summed E-state index contributed by atoms with van der Waals surface area (Å²) in [5, 5.41) is 4.87. The van der Waals surface area contributed by atoms with E-state index in [1.54, 1.807) is 0 Å². The van der Waals surface area contributed by atoms with Gasteiger partial charge in [-0.1, -0.05) is 19.1 Å². The van der Waals surface area contributed by atoms with Gasteiger partial charge in [0.2, 0.25) is 10.0 Å². The minimum absolute atomic E-state index is 0.0416. The normalized spacial score (nSPS) is 11.4. The van der Waals surface area contributed by atoms with Crippen molar-refractivity contribution in [1.29, 1.82) is 0 Å². The Bertz CT molecular complexity index is 411. The van der Waals surface area contributed by atoms with Crippen LogP contribution in [0.1, 0.15) is 18.9 Å².